The first-order chi connectivity index (χ1) is 6.73. The van der Waals surface area contributed by atoms with E-state index in [9.17, 15) is 16.8 Å². The van der Waals surface area contributed by atoms with Crippen molar-refractivity contribution in [2.45, 2.75) is 17.4 Å². The Kier molecular flexibility index (Phi) is 3.78. The Morgan fingerprint density at radius 2 is 1.67 bits per heavy atom. The van der Waals surface area contributed by atoms with E-state index in [0.29, 0.717) is 25.9 Å². The predicted octanol–water partition coefficient (Wildman–Crippen LogP) is -0.437. The van der Waals surface area contributed by atoms with E-state index in [4.69, 9.17) is 0 Å². The summed E-state index contributed by atoms with van der Waals surface area (Å²) in [5, 5.41) is 3.06. The van der Waals surface area contributed by atoms with Gasteiger partial charge in [-0.05, 0) is 31.8 Å². The lowest BCUT2D eigenvalue weighted by atomic mass is 10.0. The molecule has 0 saturated carbocycles. The average molecular weight is 254 g/mol. The molecule has 0 aromatic carbocycles. The smallest absolute Gasteiger partial charge is 0.168 e. The van der Waals surface area contributed by atoms with Crippen LogP contribution in [-0.4, -0.2) is 40.8 Å². The largest absolute Gasteiger partial charge is 0.317 e. The van der Waals surface area contributed by atoms with Crippen LogP contribution in [0.25, 0.3) is 0 Å². The number of sulfone groups is 2. The molecular weight excluding hydrogens is 238 g/mol. The third-order valence-electron chi connectivity index (χ3n) is 2.54. The summed E-state index contributed by atoms with van der Waals surface area (Å²) in [4.78, 5) is 0. The molecule has 0 aromatic heterocycles. The Morgan fingerprint density at radius 1 is 1.20 bits per heavy atom. The van der Waals surface area contributed by atoms with Crippen LogP contribution >= 0.6 is 0 Å². The van der Waals surface area contributed by atoms with Gasteiger partial charge < -0.3 is 5.32 Å². The third kappa shape index (κ3) is 3.42. The van der Waals surface area contributed by atoms with Crippen molar-refractivity contribution in [3.63, 3.8) is 0 Å². The molecule has 1 fully saturated rings. The fraction of sp³-hybridized carbons (Fsp3) is 0.875. The molecule has 1 aliphatic heterocycles. The third-order valence-corrected chi connectivity index (χ3v) is 6.79. The van der Waals surface area contributed by atoms with Gasteiger partial charge in [0.15, 0.2) is 24.3 Å². The van der Waals surface area contributed by atoms with Gasteiger partial charge in [-0.1, -0.05) is 0 Å². The molecule has 89 valence electrons. The molecule has 15 heavy (non-hydrogen) atoms. The number of hydrogen-bond acceptors (Lipinski definition) is 5. The van der Waals surface area contributed by atoms with Gasteiger partial charge in [-0.3, -0.25) is 0 Å². The average Bonchev–Trinajstić information content (AvgIpc) is 2.00. The quantitative estimate of drug-likeness (QED) is 0.738. The Bertz CT molecular complexity index is 374. The van der Waals surface area contributed by atoms with E-state index in [2.05, 4.69) is 11.6 Å². The summed E-state index contributed by atoms with van der Waals surface area (Å²) in [5.41, 5.74) is 0. The first-order valence-corrected chi connectivity index (χ1v) is 8.36. The molecule has 0 aliphatic carbocycles. The molecular formula is C8H16NO4S2. The molecule has 1 N–H and O–H groups in total. The van der Waals surface area contributed by atoms with Gasteiger partial charge in [0, 0.05) is 6.26 Å². The SMILES string of the molecule is [CH2]S(=O)(=O)C(C1CCNCC1)S(C)(=O)=O. The van der Waals surface area contributed by atoms with Crippen molar-refractivity contribution in [1.82, 2.24) is 5.32 Å². The lowest BCUT2D eigenvalue weighted by Gasteiger charge is -2.28. The van der Waals surface area contributed by atoms with E-state index in [1.54, 1.807) is 0 Å². The maximum absolute atomic E-state index is 11.4. The molecule has 0 bridgehead atoms. The van der Waals surface area contributed by atoms with E-state index in [1.807, 2.05) is 0 Å². The van der Waals surface area contributed by atoms with E-state index in [0.717, 1.165) is 6.26 Å². The van der Waals surface area contributed by atoms with Crippen molar-refractivity contribution < 1.29 is 16.8 Å². The summed E-state index contributed by atoms with van der Waals surface area (Å²) < 4.78 is 44.3. The van der Waals surface area contributed by atoms with Gasteiger partial charge in [-0.15, -0.1) is 0 Å². The lowest BCUT2D eigenvalue weighted by Crippen LogP contribution is -2.41. The maximum Gasteiger partial charge on any atom is 0.168 e. The van der Waals surface area contributed by atoms with Crippen LogP contribution in [0.5, 0.6) is 0 Å². The van der Waals surface area contributed by atoms with E-state index in [1.165, 1.54) is 0 Å². The second-order valence-corrected chi connectivity index (χ2v) is 8.25. The van der Waals surface area contributed by atoms with Gasteiger partial charge >= 0.3 is 0 Å². The number of hydrogen-bond donors (Lipinski definition) is 1. The van der Waals surface area contributed by atoms with Crippen molar-refractivity contribution in [3.05, 3.63) is 6.26 Å². The predicted molar refractivity (Wildman–Crippen MR) is 58.5 cm³/mol. The Morgan fingerprint density at radius 3 is 2.00 bits per heavy atom. The van der Waals surface area contributed by atoms with Crippen LogP contribution in [-0.2, 0) is 19.7 Å². The zero-order chi connectivity index (χ0) is 11.7. The van der Waals surface area contributed by atoms with Crippen LogP contribution in [0.2, 0.25) is 0 Å². The van der Waals surface area contributed by atoms with Gasteiger partial charge in [-0.2, -0.15) is 0 Å². The molecule has 1 heterocycles. The summed E-state index contributed by atoms with van der Waals surface area (Å²) >= 11 is 0. The first-order valence-electron chi connectivity index (χ1n) is 4.69. The molecule has 1 unspecified atom stereocenters. The fourth-order valence-corrected chi connectivity index (χ4v) is 5.99. The second-order valence-electron chi connectivity index (χ2n) is 3.95. The molecule has 5 nitrogen and oxygen atoms in total. The first kappa shape index (κ1) is 12.9. The minimum absolute atomic E-state index is 0.330. The van der Waals surface area contributed by atoms with Gasteiger partial charge in [0.05, 0.1) is 6.26 Å². The van der Waals surface area contributed by atoms with E-state index < -0.39 is 24.3 Å². The van der Waals surface area contributed by atoms with Crippen molar-refractivity contribution in [3.8, 4) is 0 Å². The topological polar surface area (TPSA) is 80.3 Å². The monoisotopic (exact) mass is 254 g/mol. The lowest BCUT2D eigenvalue weighted by molar-refractivity contribution is 0.384. The van der Waals surface area contributed by atoms with Gasteiger partial charge in [0.25, 0.3) is 0 Å². The number of piperidine rings is 1. The van der Waals surface area contributed by atoms with E-state index >= 15 is 0 Å². The zero-order valence-corrected chi connectivity index (χ0v) is 10.3. The normalized spacial score (nSPS) is 20.7. The molecule has 1 radical (unpaired) electrons. The summed E-state index contributed by atoms with van der Waals surface area (Å²) in [6.45, 7) is 1.32. The highest BCUT2D eigenvalue weighted by Crippen LogP contribution is 2.26. The molecule has 0 spiro atoms. The van der Waals surface area contributed by atoms with Crippen molar-refractivity contribution in [2.24, 2.45) is 5.92 Å². The highest BCUT2D eigenvalue weighted by atomic mass is 32.3. The molecule has 1 saturated heterocycles. The second kappa shape index (κ2) is 4.39. The number of rotatable bonds is 3. The molecule has 1 aliphatic rings. The summed E-state index contributed by atoms with van der Waals surface area (Å²) in [6, 6.07) is 0. The van der Waals surface area contributed by atoms with Crippen molar-refractivity contribution >= 4 is 19.7 Å². The van der Waals surface area contributed by atoms with Crippen molar-refractivity contribution in [1.29, 1.82) is 0 Å². The van der Waals surface area contributed by atoms with Gasteiger partial charge in [0.1, 0.15) is 0 Å². The molecule has 0 amide bonds. The van der Waals surface area contributed by atoms with Crippen LogP contribution < -0.4 is 5.32 Å². The maximum atomic E-state index is 11.4. The molecule has 1 rings (SSSR count). The molecule has 1 atom stereocenters. The van der Waals surface area contributed by atoms with Crippen molar-refractivity contribution in [2.75, 3.05) is 19.3 Å². The summed E-state index contributed by atoms with van der Waals surface area (Å²) in [5.74, 6) is -0.330. The summed E-state index contributed by atoms with van der Waals surface area (Å²) in [7, 11) is -7.39. The van der Waals surface area contributed by atoms with Crippen LogP contribution in [0.3, 0.4) is 0 Å². The summed E-state index contributed by atoms with van der Waals surface area (Å²) in [6.07, 6.45) is 5.07. The minimum Gasteiger partial charge on any atom is -0.317 e. The Balaban J connectivity index is 3.01. The molecule has 0 aromatic rings. The van der Waals surface area contributed by atoms with Crippen LogP contribution in [0.4, 0.5) is 0 Å². The number of nitrogens with one attached hydrogen (secondary N) is 1. The van der Waals surface area contributed by atoms with Gasteiger partial charge in [-0.25, -0.2) is 16.8 Å². The van der Waals surface area contributed by atoms with E-state index in [-0.39, 0.29) is 5.92 Å². The van der Waals surface area contributed by atoms with Crippen LogP contribution in [0.1, 0.15) is 12.8 Å². The van der Waals surface area contributed by atoms with Crippen LogP contribution in [0.15, 0.2) is 0 Å². The zero-order valence-electron chi connectivity index (χ0n) is 8.64. The minimum atomic E-state index is -3.79. The highest BCUT2D eigenvalue weighted by molar-refractivity contribution is 8.09. The highest BCUT2D eigenvalue weighted by Gasteiger charge is 2.39. The Labute approximate surface area is 91.1 Å². The fourth-order valence-electron chi connectivity index (χ4n) is 2.03. The van der Waals surface area contributed by atoms with Crippen LogP contribution in [0, 0.1) is 12.2 Å². The molecule has 7 heteroatoms. The van der Waals surface area contributed by atoms with Gasteiger partial charge in [0.2, 0.25) is 0 Å². The standard InChI is InChI=1S/C8H16NO4S2/c1-14(10,11)8(15(2,12)13)7-3-5-9-6-4-7/h7-9H,1,3-6H2,2H3. The Hall–Kier alpha value is -0.140.